The van der Waals surface area contributed by atoms with E-state index in [4.69, 9.17) is 5.73 Å². The van der Waals surface area contributed by atoms with Crippen LogP contribution < -0.4 is 11.1 Å². The Labute approximate surface area is 152 Å². The number of halogens is 1. The van der Waals surface area contributed by atoms with Gasteiger partial charge in [-0.25, -0.2) is 0 Å². The van der Waals surface area contributed by atoms with Crippen LogP contribution in [0.25, 0.3) is 10.9 Å². The molecule has 142 valence electrons. The van der Waals surface area contributed by atoms with Crippen molar-refractivity contribution in [1.82, 2.24) is 15.1 Å². The minimum absolute atomic E-state index is 0.0661. The molecule has 2 atom stereocenters. The second-order valence-corrected chi connectivity index (χ2v) is 6.58. The molecule has 0 aliphatic carbocycles. The number of nitrogens with one attached hydrogen (secondary N) is 1. The summed E-state index contributed by atoms with van der Waals surface area (Å²) in [5, 5.41) is 7.99. The molecule has 0 bridgehead atoms. The molecule has 0 saturated carbocycles. The lowest BCUT2D eigenvalue weighted by atomic mass is 9.98. The van der Waals surface area contributed by atoms with Crippen molar-refractivity contribution in [3.8, 4) is 0 Å². The van der Waals surface area contributed by atoms with Crippen LogP contribution in [-0.2, 0) is 11.3 Å². The summed E-state index contributed by atoms with van der Waals surface area (Å²) in [6.07, 6.45) is 2.67. The van der Waals surface area contributed by atoms with Gasteiger partial charge in [0, 0.05) is 11.9 Å². The second-order valence-electron chi connectivity index (χ2n) is 6.58. The fourth-order valence-electron chi connectivity index (χ4n) is 2.95. The third-order valence-corrected chi connectivity index (χ3v) is 4.67. The topological polar surface area (TPSA) is 90.0 Å². The van der Waals surface area contributed by atoms with Crippen molar-refractivity contribution in [1.29, 1.82) is 0 Å². The number of aryl methyl sites for hydroxylation is 1. The molecule has 0 aliphatic heterocycles. The van der Waals surface area contributed by atoms with E-state index in [9.17, 15) is 14.0 Å². The number of carbonyl (C=O) groups is 2. The van der Waals surface area contributed by atoms with Gasteiger partial charge in [-0.2, -0.15) is 5.10 Å². The van der Waals surface area contributed by atoms with Crippen LogP contribution in [0.4, 0.5) is 4.39 Å². The van der Waals surface area contributed by atoms with Gasteiger partial charge in [-0.05, 0) is 31.2 Å². The molecule has 7 heteroatoms. The first-order valence-corrected chi connectivity index (χ1v) is 9.11. The van der Waals surface area contributed by atoms with Crippen LogP contribution in [0.5, 0.6) is 0 Å². The third-order valence-electron chi connectivity index (χ3n) is 4.67. The lowest BCUT2D eigenvalue weighted by Gasteiger charge is -2.21. The zero-order valence-electron chi connectivity index (χ0n) is 15.4. The number of primary amides is 1. The summed E-state index contributed by atoms with van der Waals surface area (Å²) in [7, 11) is 0. The number of hydrogen-bond donors (Lipinski definition) is 2. The fourth-order valence-corrected chi connectivity index (χ4v) is 2.95. The van der Waals surface area contributed by atoms with E-state index in [1.807, 2.05) is 38.1 Å². The van der Waals surface area contributed by atoms with Gasteiger partial charge in [0.25, 0.3) is 5.91 Å². The molecule has 26 heavy (non-hydrogen) atoms. The maximum atomic E-state index is 12.9. The third kappa shape index (κ3) is 4.59. The molecule has 2 rings (SSSR count). The molecule has 2 aromatic rings. The van der Waals surface area contributed by atoms with Gasteiger partial charge in [0.1, 0.15) is 11.7 Å². The fraction of sp³-hybridized carbons (Fsp3) is 0.526. The van der Waals surface area contributed by atoms with Crippen LogP contribution >= 0.6 is 0 Å². The van der Waals surface area contributed by atoms with Crippen LogP contribution in [0.3, 0.4) is 0 Å². The molecule has 0 radical (unpaired) electrons. The Balaban J connectivity index is 2.30. The second kappa shape index (κ2) is 9.31. The van der Waals surface area contributed by atoms with Crippen molar-refractivity contribution in [3.05, 3.63) is 30.0 Å². The van der Waals surface area contributed by atoms with E-state index in [-0.39, 0.29) is 18.5 Å². The first kappa shape index (κ1) is 19.9. The smallest absolute Gasteiger partial charge is 0.270 e. The number of alkyl halides is 1. The average Bonchev–Trinajstić information content (AvgIpc) is 3.00. The summed E-state index contributed by atoms with van der Waals surface area (Å²) < 4.78 is 13.9. The molecule has 0 spiro atoms. The lowest BCUT2D eigenvalue weighted by molar-refractivity contribution is -0.120. The predicted octanol–water partition coefficient (Wildman–Crippen LogP) is 2.81. The SMILES string of the molecule is CCC(C)C(NC(=O)c1c2ccccc2nn1CCCCCF)C(N)=O. The maximum absolute atomic E-state index is 12.9. The quantitative estimate of drug-likeness (QED) is 0.637. The van der Waals surface area contributed by atoms with Gasteiger partial charge in [0.05, 0.1) is 12.2 Å². The van der Waals surface area contributed by atoms with E-state index >= 15 is 0 Å². The predicted molar refractivity (Wildman–Crippen MR) is 99.5 cm³/mol. The zero-order chi connectivity index (χ0) is 19.1. The first-order chi connectivity index (χ1) is 12.5. The van der Waals surface area contributed by atoms with Crippen molar-refractivity contribution in [2.45, 2.75) is 52.1 Å². The Morgan fingerprint density at radius 2 is 2.00 bits per heavy atom. The van der Waals surface area contributed by atoms with E-state index in [0.29, 0.717) is 24.2 Å². The molecule has 3 N–H and O–H groups in total. The van der Waals surface area contributed by atoms with Crippen LogP contribution in [0.2, 0.25) is 0 Å². The van der Waals surface area contributed by atoms with Crippen LogP contribution in [0, 0.1) is 5.92 Å². The molecule has 2 unspecified atom stereocenters. The minimum Gasteiger partial charge on any atom is -0.368 e. The Morgan fingerprint density at radius 1 is 1.27 bits per heavy atom. The molecule has 6 nitrogen and oxygen atoms in total. The number of amides is 2. The Hall–Kier alpha value is -2.44. The van der Waals surface area contributed by atoms with Gasteiger partial charge in [-0.1, -0.05) is 38.5 Å². The lowest BCUT2D eigenvalue weighted by Crippen LogP contribution is -2.48. The normalized spacial score (nSPS) is 13.5. The van der Waals surface area contributed by atoms with E-state index in [1.165, 1.54) is 0 Å². The summed E-state index contributed by atoms with van der Waals surface area (Å²) in [5.74, 6) is -0.983. The number of rotatable bonds is 10. The summed E-state index contributed by atoms with van der Waals surface area (Å²) in [5.41, 5.74) is 6.59. The number of benzene rings is 1. The average molecular weight is 362 g/mol. The van der Waals surface area contributed by atoms with Crippen molar-refractivity contribution in [2.24, 2.45) is 11.7 Å². The number of carbonyl (C=O) groups excluding carboxylic acids is 2. The molecule has 0 saturated heterocycles. The van der Waals surface area contributed by atoms with E-state index in [1.54, 1.807) is 4.68 Å². The van der Waals surface area contributed by atoms with Gasteiger partial charge in [-0.15, -0.1) is 0 Å². The molecule has 2 amide bonds. The highest BCUT2D eigenvalue weighted by atomic mass is 19.1. The highest BCUT2D eigenvalue weighted by Gasteiger charge is 2.27. The Morgan fingerprint density at radius 3 is 2.65 bits per heavy atom. The summed E-state index contributed by atoms with van der Waals surface area (Å²) in [4.78, 5) is 24.7. The van der Waals surface area contributed by atoms with Gasteiger partial charge >= 0.3 is 0 Å². The van der Waals surface area contributed by atoms with Crippen LogP contribution in [-0.4, -0.2) is 34.3 Å². The van der Waals surface area contributed by atoms with Crippen molar-refractivity contribution < 1.29 is 14.0 Å². The molecule has 0 aliphatic rings. The van der Waals surface area contributed by atoms with Gasteiger partial charge in [0.15, 0.2) is 0 Å². The molecule has 1 heterocycles. The summed E-state index contributed by atoms with van der Waals surface area (Å²) in [6, 6.07) is 6.63. The Bertz CT molecular complexity index is 759. The van der Waals surface area contributed by atoms with E-state index in [0.717, 1.165) is 24.6 Å². The highest BCUT2D eigenvalue weighted by Crippen LogP contribution is 2.20. The van der Waals surface area contributed by atoms with E-state index < -0.39 is 11.9 Å². The van der Waals surface area contributed by atoms with Crippen molar-refractivity contribution >= 4 is 22.7 Å². The van der Waals surface area contributed by atoms with Crippen LogP contribution in [0.15, 0.2) is 24.3 Å². The standard InChI is InChI=1S/C19H27FN4O2/c1-3-13(2)16(18(21)25)22-19(26)17-14-9-5-6-10-15(14)23-24(17)12-8-4-7-11-20/h5-6,9-10,13,16H,3-4,7-8,11-12H2,1-2H3,(H2,21,25)(H,22,26). The first-order valence-electron chi connectivity index (χ1n) is 9.11. The van der Waals surface area contributed by atoms with Gasteiger partial charge in [-0.3, -0.25) is 18.7 Å². The maximum Gasteiger partial charge on any atom is 0.270 e. The van der Waals surface area contributed by atoms with Gasteiger partial charge in [0.2, 0.25) is 5.91 Å². The minimum atomic E-state index is -0.735. The number of unbranched alkanes of at least 4 members (excludes halogenated alkanes) is 2. The zero-order valence-corrected chi connectivity index (χ0v) is 15.4. The summed E-state index contributed by atoms with van der Waals surface area (Å²) >= 11 is 0. The van der Waals surface area contributed by atoms with Crippen molar-refractivity contribution in [2.75, 3.05) is 6.67 Å². The number of hydrogen-bond acceptors (Lipinski definition) is 3. The molecular weight excluding hydrogens is 335 g/mol. The molecule has 1 aromatic carbocycles. The van der Waals surface area contributed by atoms with Gasteiger partial charge < -0.3 is 11.1 Å². The van der Waals surface area contributed by atoms with Crippen LogP contribution in [0.1, 0.15) is 50.0 Å². The molecule has 0 fully saturated rings. The highest BCUT2D eigenvalue weighted by molar-refractivity contribution is 6.06. The molecule has 1 aromatic heterocycles. The number of nitrogens with two attached hydrogens (primary N) is 1. The number of fused-ring (bicyclic) bond motifs is 1. The summed E-state index contributed by atoms with van der Waals surface area (Å²) in [6.45, 7) is 3.99. The molecular formula is C19H27FN4O2. The number of aromatic nitrogens is 2. The van der Waals surface area contributed by atoms with Crippen molar-refractivity contribution in [3.63, 3.8) is 0 Å². The Kier molecular flexibility index (Phi) is 7.12. The van der Waals surface area contributed by atoms with E-state index in [2.05, 4.69) is 10.4 Å². The monoisotopic (exact) mass is 362 g/mol. The largest absolute Gasteiger partial charge is 0.368 e. The number of nitrogens with zero attached hydrogens (tertiary/aromatic N) is 2.